The van der Waals surface area contributed by atoms with Crippen molar-refractivity contribution >= 4 is 5.69 Å². The third kappa shape index (κ3) is 1.03. The second kappa shape index (κ2) is 2.42. The van der Waals surface area contributed by atoms with E-state index in [1.54, 1.807) is 0 Å². The Hall–Kier alpha value is -1.24. The largest absolute Gasteiger partial charge is 0.351 e. The van der Waals surface area contributed by atoms with Crippen molar-refractivity contribution in [3.63, 3.8) is 0 Å². The minimum atomic E-state index is 1.07. The predicted molar refractivity (Wildman–Crippen MR) is 47.7 cm³/mol. The molecule has 0 spiro atoms. The van der Waals surface area contributed by atoms with Crippen molar-refractivity contribution in [3.05, 3.63) is 42.1 Å². The smallest absolute Gasteiger partial charge is 0.0439 e. The van der Waals surface area contributed by atoms with E-state index in [0.29, 0.717) is 0 Å². The minimum Gasteiger partial charge on any atom is -0.351 e. The monoisotopic (exact) mass is 145 g/mol. The van der Waals surface area contributed by atoms with Gasteiger partial charge in [0.1, 0.15) is 0 Å². The van der Waals surface area contributed by atoms with E-state index in [0.717, 1.165) is 6.42 Å². The molecule has 0 unspecified atom stereocenters. The van der Waals surface area contributed by atoms with Gasteiger partial charge in [0, 0.05) is 18.9 Å². The lowest BCUT2D eigenvalue weighted by atomic mass is 10.1. The Labute approximate surface area is 67.0 Å². The molecule has 1 aromatic carbocycles. The first kappa shape index (κ1) is 6.47. The van der Waals surface area contributed by atoms with Gasteiger partial charge < -0.3 is 4.90 Å². The zero-order valence-corrected chi connectivity index (χ0v) is 6.62. The van der Waals surface area contributed by atoms with Crippen LogP contribution in [0.1, 0.15) is 5.56 Å². The first-order chi connectivity index (χ1) is 5.38. The molecule has 0 amide bonds. The summed E-state index contributed by atoms with van der Waals surface area (Å²) in [5, 5.41) is 0. The molecule has 0 aromatic heterocycles. The predicted octanol–water partition coefficient (Wildman–Crippen LogP) is 2.19. The van der Waals surface area contributed by atoms with Crippen LogP contribution in [0.3, 0.4) is 0 Å². The van der Waals surface area contributed by atoms with Gasteiger partial charge in [-0.15, -0.1) is 0 Å². The van der Waals surface area contributed by atoms with Crippen molar-refractivity contribution in [3.8, 4) is 0 Å². The Morgan fingerprint density at radius 3 is 2.91 bits per heavy atom. The molecular formula is C10H11N. The Morgan fingerprint density at radius 2 is 2.09 bits per heavy atom. The van der Waals surface area contributed by atoms with Crippen LogP contribution in [-0.2, 0) is 6.42 Å². The lowest BCUT2D eigenvalue weighted by molar-refractivity contribution is 1.09. The van der Waals surface area contributed by atoms with E-state index >= 15 is 0 Å². The van der Waals surface area contributed by atoms with Crippen LogP contribution in [0.5, 0.6) is 0 Å². The summed E-state index contributed by atoms with van der Waals surface area (Å²) in [5.41, 5.74) is 2.74. The Kier molecular flexibility index (Phi) is 1.42. The van der Waals surface area contributed by atoms with Crippen LogP contribution in [-0.4, -0.2) is 7.05 Å². The summed E-state index contributed by atoms with van der Waals surface area (Å²) in [7, 11) is 2.08. The molecule has 2 rings (SSSR count). The molecule has 0 bridgehead atoms. The van der Waals surface area contributed by atoms with Crippen LogP contribution in [0.2, 0.25) is 0 Å². The van der Waals surface area contributed by atoms with Crippen LogP contribution in [0.15, 0.2) is 36.5 Å². The van der Waals surface area contributed by atoms with Gasteiger partial charge in [0.05, 0.1) is 0 Å². The maximum absolute atomic E-state index is 2.18. The maximum Gasteiger partial charge on any atom is 0.0439 e. The summed E-state index contributed by atoms with van der Waals surface area (Å²) in [6.07, 6.45) is 5.37. The molecular weight excluding hydrogens is 134 g/mol. The van der Waals surface area contributed by atoms with Gasteiger partial charge in [-0.2, -0.15) is 0 Å². The molecule has 1 nitrogen and oxygen atoms in total. The first-order valence-electron chi connectivity index (χ1n) is 3.85. The summed E-state index contributed by atoms with van der Waals surface area (Å²) < 4.78 is 0. The summed E-state index contributed by atoms with van der Waals surface area (Å²) in [5.74, 6) is 0. The molecule has 0 saturated heterocycles. The van der Waals surface area contributed by atoms with Gasteiger partial charge in [-0.05, 0) is 18.1 Å². The average Bonchev–Trinajstić information content (AvgIpc) is 2.06. The second-order valence-electron chi connectivity index (χ2n) is 2.83. The minimum absolute atomic E-state index is 1.07. The zero-order chi connectivity index (χ0) is 7.68. The summed E-state index contributed by atoms with van der Waals surface area (Å²) in [6, 6.07) is 8.49. The second-order valence-corrected chi connectivity index (χ2v) is 2.83. The van der Waals surface area contributed by atoms with Gasteiger partial charge in [0.2, 0.25) is 0 Å². The molecule has 1 aliphatic heterocycles. The molecule has 11 heavy (non-hydrogen) atoms. The highest BCUT2D eigenvalue weighted by Crippen LogP contribution is 2.23. The van der Waals surface area contributed by atoms with Gasteiger partial charge >= 0.3 is 0 Å². The molecule has 0 radical (unpaired) electrons. The highest BCUT2D eigenvalue weighted by Gasteiger charge is 2.06. The average molecular weight is 145 g/mol. The number of benzene rings is 1. The Balaban J connectivity index is 2.50. The van der Waals surface area contributed by atoms with Crippen LogP contribution >= 0.6 is 0 Å². The van der Waals surface area contributed by atoms with Crippen molar-refractivity contribution in [1.82, 2.24) is 0 Å². The Morgan fingerprint density at radius 1 is 1.27 bits per heavy atom. The van der Waals surface area contributed by atoms with Crippen molar-refractivity contribution in [1.29, 1.82) is 0 Å². The van der Waals surface area contributed by atoms with E-state index < -0.39 is 0 Å². The van der Waals surface area contributed by atoms with Gasteiger partial charge in [-0.25, -0.2) is 0 Å². The first-order valence-corrected chi connectivity index (χ1v) is 3.85. The summed E-state index contributed by atoms with van der Waals surface area (Å²) >= 11 is 0. The fraction of sp³-hybridized carbons (Fsp3) is 0.200. The van der Waals surface area contributed by atoms with Crippen molar-refractivity contribution in [2.24, 2.45) is 0 Å². The third-order valence-electron chi connectivity index (χ3n) is 2.04. The Bertz CT molecular complexity index is 289. The van der Waals surface area contributed by atoms with Crippen molar-refractivity contribution in [2.75, 3.05) is 11.9 Å². The van der Waals surface area contributed by atoms with E-state index in [1.165, 1.54) is 11.3 Å². The molecule has 0 aliphatic carbocycles. The van der Waals surface area contributed by atoms with Crippen LogP contribution in [0, 0.1) is 0 Å². The molecule has 0 N–H and O–H groups in total. The zero-order valence-electron chi connectivity index (χ0n) is 6.62. The molecule has 56 valence electrons. The molecule has 1 heteroatoms. The molecule has 0 fully saturated rings. The van der Waals surface area contributed by atoms with Crippen molar-refractivity contribution < 1.29 is 0 Å². The number of fused-ring (bicyclic) bond motifs is 1. The van der Waals surface area contributed by atoms with Gasteiger partial charge in [-0.3, -0.25) is 0 Å². The van der Waals surface area contributed by atoms with E-state index in [-0.39, 0.29) is 0 Å². The maximum atomic E-state index is 2.18. The normalized spacial score (nSPS) is 14.8. The number of para-hydroxylation sites is 1. The summed E-state index contributed by atoms with van der Waals surface area (Å²) in [4.78, 5) is 2.15. The van der Waals surface area contributed by atoms with E-state index in [2.05, 4.69) is 48.5 Å². The third-order valence-corrected chi connectivity index (χ3v) is 2.04. The quantitative estimate of drug-likeness (QED) is 0.541. The standard InChI is InChI=1S/C10H11N/c1-11-8-4-6-9-5-2-3-7-10(9)11/h2-5,7-8H,6H2,1H3. The van der Waals surface area contributed by atoms with Crippen molar-refractivity contribution in [2.45, 2.75) is 6.42 Å². The molecule has 1 heterocycles. The lowest BCUT2D eigenvalue weighted by Gasteiger charge is -2.21. The summed E-state index contributed by atoms with van der Waals surface area (Å²) in [6.45, 7) is 0. The highest BCUT2D eigenvalue weighted by molar-refractivity contribution is 5.57. The SMILES string of the molecule is CN1C=CCc2ccccc21. The van der Waals surface area contributed by atoms with Crippen LogP contribution in [0.25, 0.3) is 0 Å². The molecule has 0 saturated carbocycles. The number of allylic oxidation sites excluding steroid dienone is 1. The topological polar surface area (TPSA) is 3.24 Å². The van der Waals surface area contributed by atoms with E-state index in [4.69, 9.17) is 0 Å². The van der Waals surface area contributed by atoms with Gasteiger partial charge in [-0.1, -0.05) is 24.3 Å². The van der Waals surface area contributed by atoms with Crippen LogP contribution in [0.4, 0.5) is 5.69 Å². The molecule has 0 atom stereocenters. The lowest BCUT2D eigenvalue weighted by Crippen LogP contribution is -2.13. The number of nitrogens with zero attached hydrogens (tertiary/aromatic N) is 1. The number of rotatable bonds is 0. The van der Waals surface area contributed by atoms with Crippen LogP contribution < -0.4 is 4.90 Å². The fourth-order valence-electron chi connectivity index (χ4n) is 1.45. The van der Waals surface area contributed by atoms with E-state index in [1.807, 2.05) is 0 Å². The highest BCUT2D eigenvalue weighted by atomic mass is 15.1. The number of hydrogen-bond donors (Lipinski definition) is 0. The van der Waals surface area contributed by atoms with Gasteiger partial charge in [0.25, 0.3) is 0 Å². The molecule has 1 aromatic rings. The fourth-order valence-corrected chi connectivity index (χ4v) is 1.45. The molecule has 1 aliphatic rings. The van der Waals surface area contributed by atoms with E-state index in [9.17, 15) is 0 Å². The number of anilines is 1. The van der Waals surface area contributed by atoms with Gasteiger partial charge in [0.15, 0.2) is 0 Å². The number of hydrogen-bond acceptors (Lipinski definition) is 1.